The fourth-order valence-corrected chi connectivity index (χ4v) is 2.33. The molecule has 3 N–H and O–H groups in total. The van der Waals surface area contributed by atoms with E-state index < -0.39 is 0 Å². The lowest BCUT2D eigenvalue weighted by Gasteiger charge is -2.13. The van der Waals surface area contributed by atoms with Crippen molar-refractivity contribution in [2.45, 2.75) is 13.0 Å². The van der Waals surface area contributed by atoms with Crippen LogP contribution in [0.4, 0.5) is 5.69 Å². The number of nitrogens with one attached hydrogen (secondary N) is 1. The van der Waals surface area contributed by atoms with Gasteiger partial charge in [-0.3, -0.25) is 0 Å². The average molecular weight is 280 g/mol. The molecule has 3 rings (SSSR count). The smallest absolute Gasteiger partial charge is 0.340 e. The van der Waals surface area contributed by atoms with Gasteiger partial charge in [-0.05, 0) is 30.7 Å². The van der Waals surface area contributed by atoms with Gasteiger partial charge in [-0.15, -0.1) is 0 Å². The highest BCUT2D eigenvalue weighted by molar-refractivity contribution is 6.04. The molecule has 0 fully saturated rings. The van der Waals surface area contributed by atoms with Gasteiger partial charge in [0.2, 0.25) is 0 Å². The number of rotatable bonds is 3. The number of anilines is 1. The molecule has 106 valence electrons. The van der Waals surface area contributed by atoms with Crippen molar-refractivity contribution in [1.29, 1.82) is 0 Å². The lowest BCUT2D eigenvalue weighted by molar-refractivity contribution is 0.0340. The lowest BCUT2D eigenvalue weighted by atomic mass is 10.1. The molecule has 0 aliphatic rings. The summed E-state index contributed by atoms with van der Waals surface area (Å²) in [5.74, 6) is -0.345. The first-order chi connectivity index (χ1) is 10.1. The van der Waals surface area contributed by atoms with Gasteiger partial charge in [0.15, 0.2) is 0 Å². The van der Waals surface area contributed by atoms with Crippen LogP contribution in [-0.2, 0) is 4.74 Å². The fraction of sp³-hybridized carbons (Fsp3) is 0.118. The number of hydrogen-bond donors (Lipinski definition) is 2. The average Bonchev–Trinajstić information content (AvgIpc) is 2.91. The monoisotopic (exact) mass is 280 g/mol. The van der Waals surface area contributed by atoms with Crippen molar-refractivity contribution in [2.75, 3.05) is 5.73 Å². The van der Waals surface area contributed by atoms with Crippen molar-refractivity contribution in [3.8, 4) is 0 Å². The summed E-state index contributed by atoms with van der Waals surface area (Å²) in [6.45, 7) is 1.86. The Morgan fingerprint density at radius 3 is 2.71 bits per heavy atom. The number of hydrogen-bond acceptors (Lipinski definition) is 3. The van der Waals surface area contributed by atoms with Crippen molar-refractivity contribution in [2.24, 2.45) is 0 Å². The number of esters is 1. The van der Waals surface area contributed by atoms with Gasteiger partial charge in [0.25, 0.3) is 0 Å². The van der Waals surface area contributed by atoms with Gasteiger partial charge in [-0.25, -0.2) is 4.79 Å². The molecule has 0 radical (unpaired) electrons. The number of benzene rings is 2. The maximum atomic E-state index is 12.3. The molecular weight excluding hydrogens is 264 g/mol. The Balaban J connectivity index is 1.84. The molecule has 0 saturated heterocycles. The number of aromatic nitrogens is 1. The van der Waals surface area contributed by atoms with Gasteiger partial charge < -0.3 is 15.5 Å². The molecule has 4 heteroatoms. The standard InChI is InChI=1S/C17H16N2O2/c1-11(12-5-3-2-4-6-12)21-17(20)15-10-19-16-9-13(18)7-8-14(15)16/h2-11,19H,18H2,1H3. The van der Waals surface area contributed by atoms with E-state index >= 15 is 0 Å². The van der Waals surface area contributed by atoms with Gasteiger partial charge in [0, 0.05) is 22.8 Å². The Morgan fingerprint density at radius 2 is 1.95 bits per heavy atom. The minimum Gasteiger partial charge on any atom is -0.454 e. The lowest BCUT2D eigenvalue weighted by Crippen LogP contribution is -2.08. The maximum absolute atomic E-state index is 12.3. The molecule has 0 aliphatic heterocycles. The molecule has 21 heavy (non-hydrogen) atoms. The molecule has 0 spiro atoms. The normalized spacial score (nSPS) is 12.2. The Labute approximate surface area is 122 Å². The van der Waals surface area contributed by atoms with Crippen molar-refractivity contribution >= 4 is 22.6 Å². The van der Waals surface area contributed by atoms with Crippen LogP contribution in [0.2, 0.25) is 0 Å². The minimum atomic E-state index is -0.345. The van der Waals surface area contributed by atoms with E-state index in [4.69, 9.17) is 10.5 Å². The van der Waals surface area contributed by atoms with E-state index in [9.17, 15) is 4.79 Å². The second-order valence-electron chi connectivity index (χ2n) is 4.97. The van der Waals surface area contributed by atoms with Crippen LogP contribution < -0.4 is 5.73 Å². The quantitative estimate of drug-likeness (QED) is 0.568. The largest absolute Gasteiger partial charge is 0.454 e. The molecule has 3 aromatic rings. The van der Waals surface area contributed by atoms with E-state index in [0.29, 0.717) is 11.3 Å². The van der Waals surface area contributed by atoms with E-state index in [2.05, 4.69) is 4.98 Å². The van der Waals surface area contributed by atoms with Gasteiger partial charge in [-0.2, -0.15) is 0 Å². The van der Waals surface area contributed by atoms with E-state index in [-0.39, 0.29) is 12.1 Å². The molecule has 1 aromatic heterocycles. The third-order valence-electron chi connectivity index (χ3n) is 3.48. The zero-order chi connectivity index (χ0) is 14.8. The van der Waals surface area contributed by atoms with Crippen LogP contribution in [-0.4, -0.2) is 11.0 Å². The second kappa shape index (κ2) is 5.32. The molecule has 2 aromatic carbocycles. The van der Waals surface area contributed by atoms with E-state index in [1.54, 1.807) is 18.3 Å². The highest BCUT2D eigenvalue weighted by Gasteiger charge is 2.17. The number of nitrogen functional groups attached to an aromatic ring is 1. The van der Waals surface area contributed by atoms with E-state index in [0.717, 1.165) is 16.5 Å². The first kappa shape index (κ1) is 13.2. The van der Waals surface area contributed by atoms with Crippen LogP contribution in [0.5, 0.6) is 0 Å². The van der Waals surface area contributed by atoms with Crippen molar-refractivity contribution < 1.29 is 9.53 Å². The molecule has 0 saturated carbocycles. The number of ether oxygens (including phenoxy) is 1. The summed E-state index contributed by atoms with van der Waals surface area (Å²) in [5.41, 5.74) is 8.70. The summed E-state index contributed by atoms with van der Waals surface area (Å²) in [6.07, 6.45) is 1.36. The Kier molecular flexibility index (Phi) is 3.36. The molecule has 0 aliphatic carbocycles. The zero-order valence-corrected chi connectivity index (χ0v) is 11.7. The molecule has 0 amide bonds. The number of H-pyrrole nitrogens is 1. The summed E-state index contributed by atoms with van der Waals surface area (Å²) in [7, 11) is 0. The first-order valence-corrected chi connectivity index (χ1v) is 6.77. The number of nitrogens with two attached hydrogens (primary N) is 1. The molecule has 1 atom stereocenters. The fourth-order valence-electron chi connectivity index (χ4n) is 2.33. The van der Waals surface area contributed by atoms with Crippen LogP contribution in [0.3, 0.4) is 0 Å². The number of carbonyl (C=O) groups excluding carboxylic acids is 1. The molecule has 1 unspecified atom stereocenters. The number of fused-ring (bicyclic) bond motifs is 1. The third-order valence-corrected chi connectivity index (χ3v) is 3.48. The van der Waals surface area contributed by atoms with Crippen molar-refractivity contribution in [3.63, 3.8) is 0 Å². The SMILES string of the molecule is CC(OC(=O)c1c[nH]c2cc(N)ccc12)c1ccccc1. The second-order valence-corrected chi connectivity index (χ2v) is 4.97. The van der Waals surface area contributed by atoms with Crippen molar-refractivity contribution in [1.82, 2.24) is 4.98 Å². The van der Waals surface area contributed by atoms with E-state index in [1.807, 2.05) is 43.3 Å². The first-order valence-electron chi connectivity index (χ1n) is 6.77. The topological polar surface area (TPSA) is 68.1 Å². The minimum absolute atomic E-state index is 0.294. The van der Waals surface area contributed by atoms with Crippen LogP contribution in [0.1, 0.15) is 28.9 Å². The Hall–Kier alpha value is -2.75. The molecular formula is C17H16N2O2. The Morgan fingerprint density at radius 1 is 1.19 bits per heavy atom. The van der Waals surface area contributed by atoms with E-state index in [1.165, 1.54) is 0 Å². The maximum Gasteiger partial charge on any atom is 0.340 e. The van der Waals surface area contributed by atoms with Crippen LogP contribution in [0.15, 0.2) is 54.7 Å². The summed E-state index contributed by atoms with van der Waals surface area (Å²) < 4.78 is 5.53. The molecule has 1 heterocycles. The molecule has 4 nitrogen and oxygen atoms in total. The predicted octanol–water partition coefficient (Wildman–Crippen LogP) is 3.67. The summed E-state index contributed by atoms with van der Waals surface area (Å²) in [6, 6.07) is 15.1. The van der Waals surface area contributed by atoms with Gasteiger partial charge >= 0.3 is 5.97 Å². The summed E-state index contributed by atoms with van der Waals surface area (Å²) in [4.78, 5) is 15.4. The summed E-state index contributed by atoms with van der Waals surface area (Å²) in [5, 5.41) is 0.814. The number of carbonyl (C=O) groups is 1. The summed E-state index contributed by atoms with van der Waals surface area (Å²) >= 11 is 0. The van der Waals surface area contributed by atoms with Gasteiger partial charge in [0.05, 0.1) is 5.56 Å². The van der Waals surface area contributed by atoms with Crippen LogP contribution >= 0.6 is 0 Å². The Bertz CT molecular complexity index is 778. The molecule has 0 bridgehead atoms. The van der Waals surface area contributed by atoms with Crippen LogP contribution in [0.25, 0.3) is 10.9 Å². The van der Waals surface area contributed by atoms with Crippen LogP contribution in [0, 0.1) is 0 Å². The third kappa shape index (κ3) is 2.60. The number of aromatic amines is 1. The van der Waals surface area contributed by atoms with Gasteiger partial charge in [-0.1, -0.05) is 30.3 Å². The van der Waals surface area contributed by atoms with Crippen molar-refractivity contribution in [3.05, 3.63) is 65.9 Å². The zero-order valence-electron chi connectivity index (χ0n) is 11.7. The van der Waals surface area contributed by atoms with Gasteiger partial charge in [0.1, 0.15) is 6.10 Å². The predicted molar refractivity (Wildman–Crippen MR) is 83.0 cm³/mol. The highest BCUT2D eigenvalue weighted by Crippen LogP contribution is 2.24. The highest BCUT2D eigenvalue weighted by atomic mass is 16.5.